The molecule has 0 aliphatic rings. The highest BCUT2D eigenvalue weighted by Gasteiger charge is 2.32. The van der Waals surface area contributed by atoms with Crippen molar-refractivity contribution in [1.29, 1.82) is 0 Å². The fourth-order valence-electron chi connectivity index (χ4n) is 5.55. The molecule has 4 aromatic heterocycles. The van der Waals surface area contributed by atoms with Crippen LogP contribution in [-0.2, 0) is 36.8 Å². The first-order chi connectivity index (χ1) is 20.5. The van der Waals surface area contributed by atoms with Gasteiger partial charge in [0, 0.05) is 58.6 Å². The predicted molar refractivity (Wildman–Crippen MR) is 168 cm³/mol. The third-order valence-electron chi connectivity index (χ3n) is 8.23. The van der Waals surface area contributed by atoms with E-state index in [1.54, 1.807) is 0 Å². The van der Waals surface area contributed by atoms with Crippen LogP contribution in [-0.4, -0.2) is 19.9 Å². The Labute approximate surface area is 249 Å². The van der Waals surface area contributed by atoms with Crippen molar-refractivity contribution < 1.29 is 0 Å². The standard InChI is InChI=1S/C36H40N6/c37-35(20-16-31-12-1-5-24-39-31,21-17-32-13-2-6-25-40-32)29-10-9-11-30(28-29)36(38,22-18-33-14-3-7-26-41-33)23-19-34-15-4-8-27-42-34/h1-15,24-28H,16-23,37-38H2. The predicted octanol–water partition coefficient (Wildman–Crippen LogP) is 6.11. The molecule has 6 heteroatoms. The molecule has 5 rings (SSSR count). The fourth-order valence-corrected chi connectivity index (χ4v) is 5.55. The molecule has 0 saturated heterocycles. The van der Waals surface area contributed by atoms with Crippen LogP contribution in [0.25, 0.3) is 0 Å². The zero-order valence-electron chi connectivity index (χ0n) is 24.1. The van der Waals surface area contributed by atoms with Crippen molar-refractivity contribution in [2.45, 2.75) is 62.4 Å². The minimum Gasteiger partial charge on any atom is -0.321 e. The van der Waals surface area contributed by atoms with Gasteiger partial charge in [-0.05, 0) is 111 Å². The third-order valence-corrected chi connectivity index (χ3v) is 8.23. The molecule has 0 saturated carbocycles. The highest BCUT2D eigenvalue weighted by atomic mass is 14.8. The van der Waals surface area contributed by atoms with E-state index in [0.29, 0.717) is 0 Å². The lowest BCUT2D eigenvalue weighted by atomic mass is 9.76. The Balaban J connectivity index is 1.44. The second kappa shape index (κ2) is 14.1. The zero-order valence-corrected chi connectivity index (χ0v) is 24.1. The molecule has 0 spiro atoms. The highest BCUT2D eigenvalue weighted by Crippen LogP contribution is 2.35. The minimum absolute atomic E-state index is 0.575. The quantitative estimate of drug-likeness (QED) is 0.171. The molecule has 4 heterocycles. The molecule has 0 aliphatic heterocycles. The van der Waals surface area contributed by atoms with Crippen LogP contribution in [0.15, 0.2) is 122 Å². The van der Waals surface area contributed by atoms with Gasteiger partial charge in [0.25, 0.3) is 0 Å². The van der Waals surface area contributed by atoms with Crippen LogP contribution >= 0.6 is 0 Å². The van der Waals surface area contributed by atoms with Crippen LogP contribution in [0.2, 0.25) is 0 Å². The van der Waals surface area contributed by atoms with Crippen molar-refractivity contribution in [3.63, 3.8) is 0 Å². The van der Waals surface area contributed by atoms with Gasteiger partial charge < -0.3 is 11.5 Å². The summed E-state index contributed by atoms with van der Waals surface area (Å²) in [6.07, 6.45) is 13.6. The second-order valence-electron chi connectivity index (χ2n) is 11.2. The smallest absolute Gasteiger partial charge is 0.0417 e. The highest BCUT2D eigenvalue weighted by molar-refractivity contribution is 5.35. The van der Waals surface area contributed by atoms with Gasteiger partial charge in [-0.3, -0.25) is 19.9 Å². The van der Waals surface area contributed by atoms with E-state index in [0.717, 1.165) is 85.3 Å². The Kier molecular flexibility index (Phi) is 9.80. The number of nitrogens with two attached hydrogens (primary N) is 2. The molecule has 0 fully saturated rings. The summed E-state index contributed by atoms with van der Waals surface area (Å²) >= 11 is 0. The summed E-state index contributed by atoms with van der Waals surface area (Å²) in [5, 5.41) is 0. The van der Waals surface area contributed by atoms with E-state index < -0.39 is 11.1 Å². The van der Waals surface area contributed by atoms with Gasteiger partial charge in [-0.15, -0.1) is 0 Å². The molecular formula is C36H40N6. The van der Waals surface area contributed by atoms with Crippen LogP contribution in [0.5, 0.6) is 0 Å². The van der Waals surface area contributed by atoms with E-state index in [1.165, 1.54) is 0 Å². The van der Waals surface area contributed by atoms with E-state index >= 15 is 0 Å². The van der Waals surface area contributed by atoms with Crippen molar-refractivity contribution in [2.24, 2.45) is 11.5 Å². The summed E-state index contributed by atoms with van der Waals surface area (Å²) in [7, 11) is 0. The largest absolute Gasteiger partial charge is 0.321 e. The molecule has 6 nitrogen and oxygen atoms in total. The lowest BCUT2D eigenvalue weighted by Crippen LogP contribution is -2.40. The van der Waals surface area contributed by atoms with Gasteiger partial charge in [-0.2, -0.15) is 0 Å². The van der Waals surface area contributed by atoms with E-state index in [1.807, 2.05) is 73.3 Å². The van der Waals surface area contributed by atoms with Crippen LogP contribution in [0.4, 0.5) is 0 Å². The lowest BCUT2D eigenvalue weighted by Gasteiger charge is -2.34. The molecular weight excluding hydrogens is 516 g/mol. The summed E-state index contributed by atoms with van der Waals surface area (Å²) in [6, 6.07) is 32.8. The summed E-state index contributed by atoms with van der Waals surface area (Å²) in [6.45, 7) is 0. The van der Waals surface area contributed by atoms with E-state index in [4.69, 9.17) is 11.5 Å². The summed E-state index contributed by atoms with van der Waals surface area (Å²) in [4.78, 5) is 18.2. The summed E-state index contributed by atoms with van der Waals surface area (Å²) in [5.41, 5.74) is 19.9. The summed E-state index contributed by atoms with van der Waals surface area (Å²) < 4.78 is 0. The number of benzene rings is 1. The number of aromatic nitrogens is 4. The molecule has 4 N–H and O–H groups in total. The van der Waals surface area contributed by atoms with Gasteiger partial charge in [-0.1, -0.05) is 48.5 Å². The van der Waals surface area contributed by atoms with Crippen LogP contribution in [0.3, 0.4) is 0 Å². The number of nitrogens with zero attached hydrogens (tertiary/aromatic N) is 4. The topological polar surface area (TPSA) is 104 Å². The van der Waals surface area contributed by atoms with Crippen molar-refractivity contribution >= 4 is 0 Å². The Morgan fingerprint density at radius 3 is 0.976 bits per heavy atom. The number of hydrogen-bond acceptors (Lipinski definition) is 6. The van der Waals surface area contributed by atoms with Crippen LogP contribution in [0, 0.1) is 0 Å². The first kappa shape index (κ1) is 29.2. The molecule has 0 radical (unpaired) electrons. The van der Waals surface area contributed by atoms with Crippen LogP contribution in [0.1, 0.15) is 59.6 Å². The van der Waals surface area contributed by atoms with Gasteiger partial charge in [0.1, 0.15) is 0 Å². The average molecular weight is 557 g/mol. The Hall–Kier alpha value is -4.26. The minimum atomic E-state index is -0.575. The van der Waals surface area contributed by atoms with E-state index in [2.05, 4.69) is 68.5 Å². The molecule has 42 heavy (non-hydrogen) atoms. The molecule has 5 aromatic rings. The third kappa shape index (κ3) is 7.93. The Morgan fingerprint density at radius 2 is 0.714 bits per heavy atom. The van der Waals surface area contributed by atoms with Gasteiger partial charge in [0.05, 0.1) is 0 Å². The van der Waals surface area contributed by atoms with Gasteiger partial charge in [-0.25, -0.2) is 0 Å². The number of rotatable bonds is 14. The molecule has 0 aliphatic carbocycles. The van der Waals surface area contributed by atoms with Crippen molar-refractivity contribution in [2.75, 3.05) is 0 Å². The Bertz CT molecular complexity index is 1290. The van der Waals surface area contributed by atoms with Gasteiger partial charge in [0.2, 0.25) is 0 Å². The maximum atomic E-state index is 7.34. The monoisotopic (exact) mass is 556 g/mol. The van der Waals surface area contributed by atoms with Crippen LogP contribution < -0.4 is 11.5 Å². The first-order valence-corrected chi connectivity index (χ1v) is 14.8. The Morgan fingerprint density at radius 1 is 0.405 bits per heavy atom. The van der Waals surface area contributed by atoms with Crippen molar-refractivity contribution in [3.8, 4) is 0 Å². The zero-order chi connectivity index (χ0) is 29.1. The molecule has 0 bridgehead atoms. The fraction of sp³-hybridized carbons (Fsp3) is 0.278. The van der Waals surface area contributed by atoms with E-state index in [-0.39, 0.29) is 0 Å². The second-order valence-corrected chi connectivity index (χ2v) is 11.2. The molecule has 1 aromatic carbocycles. The maximum absolute atomic E-state index is 7.34. The summed E-state index contributed by atoms with van der Waals surface area (Å²) in [5.74, 6) is 0. The molecule has 214 valence electrons. The SMILES string of the molecule is NC(CCc1ccccn1)(CCc1ccccn1)c1cccc(C(N)(CCc2ccccn2)CCc2ccccn2)c1. The lowest BCUT2D eigenvalue weighted by molar-refractivity contribution is 0.362. The van der Waals surface area contributed by atoms with Crippen molar-refractivity contribution in [3.05, 3.63) is 156 Å². The molecule has 0 unspecified atom stereocenters. The number of pyridine rings is 4. The maximum Gasteiger partial charge on any atom is 0.0417 e. The normalized spacial score (nSPS) is 11.9. The first-order valence-electron chi connectivity index (χ1n) is 14.8. The molecule has 0 atom stereocenters. The van der Waals surface area contributed by atoms with E-state index in [9.17, 15) is 0 Å². The number of aryl methyl sites for hydroxylation is 4. The van der Waals surface area contributed by atoms with Gasteiger partial charge >= 0.3 is 0 Å². The molecule has 0 amide bonds. The van der Waals surface area contributed by atoms with Gasteiger partial charge in [0.15, 0.2) is 0 Å². The number of hydrogen-bond donors (Lipinski definition) is 2. The van der Waals surface area contributed by atoms with Crippen molar-refractivity contribution in [1.82, 2.24) is 19.9 Å². The average Bonchev–Trinajstić information content (AvgIpc) is 3.06.